The van der Waals surface area contributed by atoms with Gasteiger partial charge in [0, 0.05) is 23.0 Å². The summed E-state index contributed by atoms with van der Waals surface area (Å²) in [4.78, 5) is 15.1. The predicted molar refractivity (Wildman–Crippen MR) is 125 cm³/mol. The summed E-state index contributed by atoms with van der Waals surface area (Å²) < 4.78 is 0. The summed E-state index contributed by atoms with van der Waals surface area (Å²) in [5.41, 5.74) is 5.37. The topological polar surface area (TPSA) is 56.1 Å². The summed E-state index contributed by atoms with van der Waals surface area (Å²) in [5.74, 6) is 0.0160. The van der Waals surface area contributed by atoms with Gasteiger partial charge in [0.2, 0.25) is 0 Å². The first-order chi connectivity index (χ1) is 14.1. The molecule has 156 valence electrons. The number of aryl methyl sites for hydroxylation is 1. The minimum absolute atomic E-state index is 0.0870. The Kier molecular flexibility index (Phi) is 6.03. The molecule has 0 spiro atoms. The number of hydrogen-bond donors (Lipinski definition) is 1. The molecule has 1 amide bonds. The maximum Gasteiger partial charge on any atom is 0.266 e. The van der Waals surface area contributed by atoms with Crippen molar-refractivity contribution in [1.29, 1.82) is 5.26 Å². The van der Waals surface area contributed by atoms with Crippen LogP contribution < -0.4 is 10.2 Å². The molecule has 3 rings (SSSR count). The van der Waals surface area contributed by atoms with Crippen molar-refractivity contribution < 1.29 is 4.79 Å². The summed E-state index contributed by atoms with van der Waals surface area (Å²) in [7, 11) is 0. The number of amides is 1. The SMILES string of the molecule is Cc1ccc(NC(=O)/C(C#N)=C\c2ccc3c(c2)[C@@H](C)CC(C)(C)N3C(C)C)cc1. The minimum Gasteiger partial charge on any atom is -0.364 e. The van der Waals surface area contributed by atoms with E-state index < -0.39 is 5.91 Å². The van der Waals surface area contributed by atoms with Crippen molar-refractivity contribution in [3.05, 3.63) is 64.7 Å². The van der Waals surface area contributed by atoms with E-state index in [2.05, 4.69) is 63.0 Å². The first-order valence-electron chi connectivity index (χ1n) is 10.6. The first-order valence-corrected chi connectivity index (χ1v) is 10.6. The lowest BCUT2D eigenvalue weighted by Gasteiger charge is -2.50. The van der Waals surface area contributed by atoms with Crippen molar-refractivity contribution in [1.82, 2.24) is 0 Å². The molecule has 1 atom stereocenters. The molecule has 0 radical (unpaired) electrons. The van der Waals surface area contributed by atoms with Crippen LogP contribution in [0.2, 0.25) is 0 Å². The van der Waals surface area contributed by atoms with Crippen LogP contribution in [0, 0.1) is 18.3 Å². The minimum atomic E-state index is -0.392. The molecule has 1 aliphatic rings. The van der Waals surface area contributed by atoms with Crippen LogP contribution in [0.25, 0.3) is 6.08 Å². The highest BCUT2D eigenvalue weighted by Gasteiger charge is 2.37. The largest absolute Gasteiger partial charge is 0.364 e. The number of carbonyl (C=O) groups excluding carboxylic acids is 1. The van der Waals surface area contributed by atoms with E-state index in [-0.39, 0.29) is 11.1 Å². The molecule has 0 saturated carbocycles. The highest BCUT2D eigenvalue weighted by molar-refractivity contribution is 6.09. The van der Waals surface area contributed by atoms with E-state index in [1.165, 1.54) is 11.3 Å². The fourth-order valence-corrected chi connectivity index (χ4v) is 4.69. The van der Waals surface area contributed by atoms with Gasteiger partial charge in [-0.25, -0.2) is 0 Å². The molecule has 2 aromatic rings. The molecule has 1 heterocycles. The number of rotatable bonds is 4. The molecule has 2 aromatic carbocycles. The zero-order valence-corrected chi connectivity index (χ0v) is 18.8. The summed E-state index contributed by atoms with van der Waals surface area (Å²) in [6.07, 6.45) is 2.74. The molecule has 30 heavy (non-hydrogen) atoms. The number of nitriles is 1. The number of hydrogen-bond acceptors (Lipinski definition) is 3. The molecule has 4 nitrogen and oxygen atoms in total. The number of benzene rings is 2. The molecular formula is C26H31N3O. The second-order valence-corrected chi connectivity index (χ2v) is 9.19. The van der Waals surface area contributed by atoms with E-state index >= 15 is 0 Å². The van der Waals surface area contributed by atoms with Crippen LogP contribution in [0.4, 0.5) is 11.4 Å². The summed E-state index contributed by atoms with van der Waals surface area (Å²) in [6, 6.07) is 16.2. The number of nitrogens with zero attached hydrogens (tertiary/aromatic N) is 2. The Morgan fingerprint density at radius 1 is 1.23 bits per heavy atom. The van der Waals surface area contributed by atoms with Gasteiger partial charge in [-0.2, -0.15) is 5.26 Å². The Balaban J connectivity index is 1.91. The van der Waals surface area contributed by atoms with Crippen LogP contribution in [-0.4, -0.2) is 17.5 Å². The third kappa shape index (κ3) is 4.41. The molecule has 4 heteroatoms. The molecule has 0 fully saturated rings. The molecule has 0 aliphatic carbocycles. The van der Waals surface area contributed by atoms with Crippen molar-refractivity contribution in [2.45, 2.75) is 65.5 Å². The second kappa shape index (κ2) is 8.36. The third-order valence-electron chi connectivity index (χ3n) is 5.80. The number of nitrogens with one attached hydrogen (secondary N) is 1. The summed E-state index contributed by atoms with van der Waals surface area (Å²) in [5, 5.41) is 12.4. The van der Waals surface area contributed by atoms with Crippen LogP contribution in [0.5, 0.6) is 0 Å². The first kappa shape index (κ1) is 21.6. The monoisotopic (exact) mass is 401 g/mol. The molecule has 0 aromatic heterocycles. The van der Waals surface area contributed by atoms with Gasteiger partial charge >= 0.3 is 0 Å². The standard InChI is InChI=1S/C26H31N3O/c1-17(2)29-24-12-9-20(14-23(24)19(4)15-26(29,5)6)13-21(16-27)25(30)28-22-10-7-18(3)8-11-22/h7-14,17,19H,15H2,1-6H3,(H,28,30)/b21-13-/t19-/m0/s1. The van der Waals surface area contributed by atoms with Gasteiger partial charge in [0.1, 0.15) is 11.6 Å². The summed E-state index contributed by atoms with van der Waals surface area (Å²) in [6.45, 7) is 13.3. The van der Waals surface area contributed by atoms with Crippen LogP contribution in [0.3, 0.4) is 0 Å². The van der Waals surface area contributed by atoms with Gasteiger partial charge < -0.3 is 10.2 Å². The smallest absolute Gasteiger partial charge is 0.266 e. The highest BCUT2D eigenvalue weighted by atomic mass is 16.1. The van der Waals surface area contributed by atoms with Gasteiger partial charge in [-0.1, -0.05) is 30.7 Å². The number of anilines is 2. The zero-order valence-electron chi connectivity index (χ0n) is 18.8. The van der Waals surface area contributed by atoms with Crippen molar-refractivity contribution in [2.24, 2.45) is 0 Å². The molecule has 0 saturated heterocycles. The van der Waals surface area contributed by atoms with E-state index in [9.17, 15) is 10.1 Å². The predicted octanol–water partition coefficient (Wildman–Crippen LogP) is 6.04. The van der Waals surface area contributed by atoms with Crippen LogP contribution >= 0.6 is 0 Å². The normalized spacial score (nSPS) is 18.0. The van der Waals surface area contributed by atoms with Crippen molar-refractivity contribution >= 4 is 23.4 Å². The Bertz CT molecular complexity index is 1010. The second-order valence-electron chi connectivity index (χ2n) is 9.19. The number of fused-ring (bicyclic) bond motifs is 1. The summed E-state index contributed by atoms with van der Waals surface area (Å²) >= 11 is 0. The van der Waals surface area contributed by atoms with E-state index in [1.54, 1.807) is 6.08 Å². The van der Waals surface area contributed by atoms with Gasteiger partial charge in [0.15, 0.2) is 0 Å². The Morgan fingerprint density at radius 2 is 1.90 bits per heavy atom. The van der Waals surface area contributed by atoms with Crippen molar-refractivity contribution in [2.75, 3.05) is 10.2 Å². The van der Waals surface area contributed by atoms with Gasteiger partial charge in [-0.05, 0) is 88.4 Å². The Labute approximate surface area is 180 Å². The Morgan fingerprint density at radius 3 is 2.50 bits per heavy atom. The lowest BCUT2D eigenvalue weighted by molar-refractivity contribution is -0.112. The van der Waals surface area contributed by atoms with Crippen molar-refractivity contribution in [3.63, 3.8) is 0 Å². The fraction of sp³-hybridized carbons (Fsp3) is 0.385. The maximum absolute atomic E-state index is 12.6. The zero-order chi connectivity index (χ0) is 22.1. The van der Waals surface area contributed by atoms with Gasteiger partial charge in [0.25, 0.3) is 5.91 Å². The third-order valence-corrected chi connectivity index (χ3v) is 5.80. The van der Waals surface area contributed by atoms with Gasteiger partial charge in [0.05, 0.1) is 0 Å². The number of carbonyl (C=O) groups is 1. The quantitative estimate of drug-likeness (QED) is 0.502. The molecule has 0 bridgehead atoms. The van der Waals surface area contributed by atoms with Crippen LogP contribution in [0.15, 0.2) is 48.0 Å². The van der Waals surface area contributed by atoms with Gasteiger partial charge in [-0.3, -0.25) is 4.79 Å². The van der Waals surface area contributed by atoms with Crippen molar-refractivity contribution in [3.8, 4) is 6.07 Å². The van der Waals surface area contributed by atoms with Gasteiger partial charge in [-0.15, -0.1) is 0 Å². The van der Waals surface area contributed by atoms with Crippen LogP contribution in [0.1, 0.15) is 63.6 Å². The molecule has 1 N–H and O–H groups in total. The lowest BCUT2D eigenvalue weighted by atomic mass is 9.79. The molecular weight excluding hydrogens is 370 g/mol. The molecule has 0 unspecified atom stereocenters. The maximum atomic E-state index is 12.6. The lowest BCUT2D eigenvalue weighted by Crippen LogP contribution is -2.51. The molecule has 1 aliphatic heterocycles. The fourth-order valence-electron chi connectivity index (χ4n) is 4.69. The van der Waals surface area contributed by atoms with E-state index in [4.69, 9.17) is 0 Å². The Hall–Kier alpha value is -3.06. The average molecular weight is 402 g/mol. The van der Waals surface area contributed by atoms with E-state index in [0.717, 1.165) is 17.5 Å². The van der Waals surface area contributed by atoms with E-state index in [1.807, 2.05) is 37.3 Å². The highest BCUT2D eigenvalue weighted by Crippen LogP contribution is 2.44. The average Bonchev–Trinajstić information content (AvgIpc) is 2.67. The van der Waals surface area contributed by atoms with E-state index in [0.29, 0.717) is 17.6 Å². The van der Waals surface area contributed by atoms with Crippen LogP contribution in [-0.2, 0) is 4.79 Å².